The molecule has 250 valence electrons. The highest BCUT2D eigenvalue weighted by Crippen LogP contribution is 2.42. The van der Waals surface area contributed by atoms with E-state index in [1.807, 2.05) is 4.90 Å². The summed E-state index contributed by atoms with van der Waals surface area (Å²) in [6.45, 7) is 3.68. The van der Waals surface area contributed by atoms with Crippen molar-refractivity contribution in [3.05, 3.63) is 47.7 Å². The molecular formula is C34H38F3N5O4S. The van der Waals surface area contributed by atoms with Gasteiger partial charge >= 0.3 is 6.01 Å². The minimum Gasteiger partial charge on any atom is -0.508 e. The van der Waals surface area contributed by atoms with Crippen molar-refractivity contribution in [2.45, 2.75) is 68.8 Å². The molecule has 7 rings (SSSR count). The second-order valence-electron chi connectivity index (χ2n) is 13.2. The molecule has 3 aliphatic heterocycles. The molecule has 3 fully saturated rings. The second-order valence-corrected chi connectivity index (χ2v) is 15.6. The third kappa shape index (κ3) is 5.75. The van der Waals surface area contributed by atoms with Gasteiger partial charge in [0.1, 0.15) is 41.4 Å². The van der Waals surface area contributed by atoms with E-state index in [0.29, 0.717) is 67.3 Å². The maximum Gasteiger partial charge on any atom is 0.319 e. The van der Waals surface area contributed by atoms with E-state index in [1.54, 1.807) is 6.92 Å². The number of ether oxygens (including phenoxy) is 1. The number of anilines is 1. The van der Waals surface area contributed by atoms with E-state index in [-0.39, 0.29) is 47.1 Å². The molecule has 5 heterocycles. The Kier molecular flexibility index (Phi) is 8.18. The zero-order valence-corrected chi connectivity index (χ0v) is 27.3. The standard InChI is InChI=1S/C34H38F3N5O4S/c1-3-24-27(36)9-8-20-13-22(43)14-25(28(20)24)30-29(37)31-26(16-38-30)32(41-11-5-4-7-23(18-41)47(2,44)45)40-33(39-31)46-19-34-10-6-12-42(34)17-21(35)15-34/h8-9,13-14,16,21,23,43H,3-7,10-12,15,17-19H2,1-2H3/t21-,23?,34+/m1/s1. The lowest BCUT2D eigenvalue weighted by Gasteiger charge is -2.31. The maximum absolute atomic E-state index is 16.9. The second kappa shape index (κ2) is 12.1. The molecule has 0 spiro atoms. The number of hydrogen-bond donors (Lipinski definition) is 1. The van der Waals surface area contributed by atoms with Gasteiger partial charge in [0.25, 0.3) is 0 Å². The average molecular weight is 670 g/mol. The van der Waals surface area contributed by atoms with Crippen LogP contribution in [0.5, 0.6) is 11.8 Å². The summed E-state index contributed by atoms with van der Waals surface area (Å²) in [7, 11) is -3.38. The van der Waals surface area contributed by atoms with Gasteiger partial charge in [-0.1, -0.05) is 19.4 Å². The Labute approximate surface area is 271 Å². The largest absolute Gasteiger partial charge is 0.508 e. The Morgan fingerprint density at radius 2 is 1.94 bits per heavy atom. The first-order chi connectivity index (χ1) is 22.5. The molecule has 0 radical (unpaired) electrons. The van der Waals surface area contributed by atoms with E-state index in [1.165, 1.54) is 36.7 Å². The molecule has 47 heavy (non-hydrogen) atoms. The van der Waals surface area contributed by atoms with E-state index < -0.39 is 38.4 Å². The van der Waals surface area contributed by atoms with Gasteiger partial charge in [-0.15, -0.1) is 0 Å². The quantitative estimate of drug-likeness (QED) is 0.263. The fourth-order valence-electron chi connectivity index (χ4n) is 7.84. The third-order valence-corrected chi connectivity index (χ3v) is 11.8. The van der Waals surface area contributed by atoms with E-state index in [9.17, 15) is 22.3 Å². The number of phenols is 1. The van der Waals surface area contributed by atoms with Gasteiger partial charge in [0.2, 0.25) is 0 Å². The number of benzene rings is 2. The van der Waals surface area contributed by atoms with Crippen LogP contribution in [0.25, 0.3) is 32.9 Å². The highest BCUT2D eigenvalue weighted by molar-refractivity contribution is 7.91. The van der Waals surface area contributed by atoms with Gasteiger partial charge in [0, 0.05) is 44.1 Å². The molecule has 3 saturated heterocycles. The first kappa shape index (κ1) is 31.9. The van der Waals surface area contributed by atoms with Crippen LogP contribution in [0.3, 0.4) is 0 Å². The van der Waals surface area contributed by atoms with Gasteiger partial charge in [-0.2, -0.15) is 9.97 Å². The highest BCUT2D eigenvalue weighted by atomic mass is 32.2. The summed E-state index contributed by atoms with van der Waals surface area (Å²) in [5.74, 6) is -1.09. The predicted octanol–water partition coefficient (Wildman–Crippen LogP) is 5.75. The first-order valence-corrected chi connectivity index (χ1v) is 18.2. The number of hydrogen-bond acceptors (Lipinski definition) is 9. The fraction of sp³-hybridized carbons (Fsp3) is 0.500. The van der Waals surface area contributed by atoms with Crippen LogP contribution in [-0.2, 0) is 16.3 Å². The number of fused-ring (bicyclic) bond motifs is 3. The topological polar surface area (TPSA) is 109 Å². The van der Waals surface area contributed by atoms with Crippen molar-refractivity contribution in [1.82, 2.24) is 19.9 Å². The lowest BCUT2D eigenvalue weighted by atomic mass is 9.94. The molecule has 9 nitrogen and oxygen atoms in total. The van der Waals surface area contributed by atoms with Crippen molar-refractivity contribution in [1.29, 1.82) is 0 Å². The maximum atomic E-state index is 16.9. The smallest absolute Gasteiger partial charge is 0.319 e. The van der Waals surface area contributed by atoms with Crippen molar-refractivity contribution in [2.24, 2.45) is 0 Å². The Morgan fingerprint density at radius 3 is 2.72 bits per heavy atom. The highest BCUT2D eigenvalue weighted by Gasteiger charge is 2.49. The number of aromatic nitrogens is 3. The van der Waals surface area contributed by atoms with E-state index in [2.05, 4.69) is 14.9 Å². The molecule has 13 heteroatoms. The van der Waals surface area contributed by atoms with Crippen LogP contribution in [0.1, 0.15) is 51.0 Å². The van der Waals surface area contributed by atoms with E-state index in [4.69, 9.17) is 9.72 Å². The molecule has 0 aliphatic carbocycles. The fourth-order valence-corrected chi connectivity index (χ4v) is 8.89. The van der Waals surface area contributed by atoms with Crippen molar-refractivity contribution in [3.63, 3.8) is 0 Å². The van der Waals surface area contributed by atoms with Crippen LogP contribution < -0.4 is 9.64 Å². The molecule has 2 aromatic heterocycles. The SMILES string of the molecule is CCc1c(F)ccc2cc(O)cc(-c3ncc4c(N5CCCCC(S(C)(=O)=O)C5)nc(OC[C@@]56CCCN5C[C@H](F)C6)nc4c3F)c12. The monoisotopic (exact) mass is 669 g/mol. The summed E-state index contributed by atoms with van der Waals surface area (Å²) in [5.41, 5.74) is -0.144. The van der Waals surface area contributed by atoms with E-state index >= 15 is 4.39 Å². The van der Waals surface area contributed by atoms with Crippen molar-refractivity contribution < 1.29 is 31.4 Å². The number of sulfone groups is 1. The number of halogens is 3. The predicted molar refractivity (Wildman–Crippen MR) is 174 cm³/mol. The van der Waals surface area contributed by atoms with Gasteiger partial charge in [-0.25, -0.2) is 21.6 Å². The Balaban J connectivity index is 1.39. The number of aromatic hydroxyl groups is 1. The number of alkyl halides is 1. The number of rotatable bonds is 7. The van der Waals surface area contributed by atoms with Crippen LogP contribution in [0.15, 0.2) is 30.5 Å². The van der Waals surface area contributed by atoms with Crippen LogP contribution >= 0.6 is 0 Å². The number of pyridine rings is 1. The van der Waals surface area contributed by atoms with Crippen LogP contribution in [-0.4, -0.2) is 89.4 Å². The number of aryl methyl sites for hydroxylation is 1. The van der Waals surface area contributed by atoms with Gasteiger partial charge in [-0.05, 0) is 73.2 Å². The molecule has 3 aliphatic rings. The Morgan fingerprint density at radius 1 is 1.11 bits per heavy atom. The zero-order valence-electron chi connectivity index (χ0n) is 26.5. The molecular weight excluding hydrogens is 631 g/mol. The van der Waals surface area contributed by atoms with Crippen LogP contribution in [0.4, 0.5) is 19.0 Å². The van der Waals surface area contributed by atoms with Gasteiger partial charge in [-0.3, -0.25) is 9.88 Å². The zero-order chi connectivity index (χ0) is 33.1. The Hall–Kier alpha value is -3.71. The van der Waals surface area contributed by atoms with Crippen LogP contribution in [0, 0.1) is 11.6 Å². The van der Waals surface area contributed by atoms with Crippen molar-refractivity contribution in [3.8, 4) is 23.0 Å². The summed E-state index contributed by atoms with van der Waals surface area (Å²) in [5, 5.41) is 11.2. The lowest BCUT2D eigenvalue weighted by Crippen LogP contribution is -2.43. The molecule has 3 atom stereocenters. The van der Waals surface area contributed by atoms with Gasteiger partial charge in [0.15, 0.2) is 15.7 Å². The summed E-state index contributed by atoms with van der Waals surface area (Å²) in [4.78, 5) is 17.6. The van der Waals surface area contributed by atoms with Crippen molar-refractivity contribution in [2.75, 3.05) is 43.9 Å². The normalized spacial score (nSPS) is 23.8. The van der Waals surface area contributed by atoms with E-state index in [0.717, 1.165) is 19.4 Å². The summed E-state index contributed by atoms with van der Waals surface area (Å²) in [6, 6.07) is 5.62. The van der Waals surface area contributed by atoms with Gasteiger partial charge in [0.05, 0.1) is 16.2 Å². The Bertz CT molecular complexity index is 1980. The minimum atomic E-state index is -3.38. The van der Waals surface area contributed by atoms with Crippen LogP contribution in [0.2, 0.25) is 0 Å². The average Bonchev–Trinajstić information content (AvgIpc) is 3.42. The summed E-state index contributed by atoms with van der Waals surface area (Å²) < 4.78 is 77.9. The third-order valence-electron chi connectivity index (χ3n) is 10.2. The number of nitrogens with zero attached hydrogens (tertiary/aromatic N) is 5. The lowest BCUT2D eigenvalue weighted by molar-refractivity contribution is 0.107. The molecule has 0 bridgehead atoms. The number of phenolic OH excluding ortho intramolecular Hbond substituents is 1. The molecule has 1 N–H and O–H groups in total. The molecule has 0 amide bonds. The van der Waals surface area contributed by atoms with Crippen molar-refractivity contribution >= 4 is 37.3 Å². The summed E-state index contributed by atoms with van der Waals surface area (Å²) in [6.07, 6.45) is 5.96. The molecule has 1 unspecified atom stereocenters. The summed E-state index contributed by atoms with van der Waals surface area (Å²) >= 11 is 0. The van der Waals surface area contributed by atoms with Gasteiger partial charge < -0.3 is 14.7 Å². The molecule has 4 aromatic rings. The first-order valence-electron chi connectivity index (χ1n) is 16.2. The molecule has 2 aromatic carbocycles. The molecule has 0 saturated carbocycles. The minimum absolute atomic E-state index is 0.100.